The van der Waals surface area contributed by atoms with Gasteiger partial charge in [0.2, 0.25) is 0 Å². The van der Waals surface area contributed by atoms with Crippen LogP contribution < -0.4 is 4.74 Å². The number of carbonyl (C=O) groups is 1. The first-order valence-electron chi connectivity index (χ1n) is 7.18. The maximum Gasteiger partial charge on any atom is 0.339 e. The van der Waals surface area contributed by atoms with Gasteiger partial charge >= 0.3 is 5.97 Å². The second-order valence-electron chi connectivity index (χ2n) is 5.05. The lowest BCUT2D eigenvalue weighted by Crippen LogP contribution is -2.06. The topological polar surface area (TPSA) is 46.5 Å². The lowest BCUT2D eigenvalue weighted by molar-refractivity contribution is 0.0692. The molecule has 0 bridgehead atoms. The van der Waals surface area contributed by atoms with Crippen molar-refractivity contribution in [3.05, 3.63) is 65.2 Å². The minimum Gasteiger partial charge on any atom is -0.492 e. The highest BCUT2D eigenvalue weighted by Gasteiger charge is 2.12. The van der Waals surface area contributed by atoms with Crippen molar-refractivity contribution in [2.24, 2.45) is 0 Å². The van der Waals surface area contributed by atoms with Crippen molar-refractivity contribution in [3.63, 3.8) is 0 Å². The molecule has 2 aromatic carbocycles. The van der Waals surface area contributed by atoms with Crippen molar-refractivity contribution in [2.75, 3.05) is 6.61 Å². The molecule has 0 heterocycles. The van der Waals surface area contributed by atoms with Crippen LogP contribution in [0.3, 0.4) is 0 Å². The van der Waals surface area contributed by atoms with E-state index >= 15 is 0 Å². The zero-order chi connectivity index (χ0) is 15.1. The Morgan fingerprint density at radius 2 is 1.81 bits per heavy atom. The molecule has 21 heavy (non-hydrogen) atoms. The predicted molar refractivity (Wildman–Crippen MR) is 83.0 cm³/mol. The van der Waals surface area contributed by atoms with E-state index in [1.165, 1.54) is 5.56 Å². The zero-order valence-electron chi connectivity index (χ0n) is 12.2. The van der Waals surface area contributed by atoms with Gasteiger partial charge < -0.3 is 9.84 Å². The van der Waals surface area contributed by atoms with Gasteiger partial charge in [0.15, 0.2) is 0 Å². The molecule has 3 heteroatoms. The fraction of sp³-hybridized carbons (Fsp3) is 0.278. The number of ether oxygens (including phenoxy) is 1. The Kier molecular flexibility index (Phi) is 5.38. The van der Waals surface area contributed by atoms with Gasteiger partial charge in [-0.3, -0.25) is 0 Å². The minimum absolute atomic E-state index is 0.234. The highest BCUT2D eigenvalue weighted by atomic mass is 16.5. The molecule has 0 fully saturated rings. The number of aryl methyl sites for hydroxylation is 2. The lowest BCUT2D eigenvalue weighted by atomic mass is 10.1. The first-order chi connectivity index (χ1) is 10.2. The van der Waals surface area contributed by atoms with Gasteiger partial charge in [0.1, 0.15) is 11.3 Å². The van der Waals surface area contributed by atoms with Crippen LogP contribution in [0.2, 0.25) is 0 Å². The number of carboxylic acid groups (broad SMARTS) is 1. The summed E-state index contributed by atoms with van der Waals surface area (Å²) in [6, 6.07) is 15.5. The Hall–Kier alpha value is -2.29. The number of para-hydroxylation sites is 1. The number of rotatable bonds is 7. The Morgan fingerprint density at radius 1 is 1.05 bits per heavy atom. The smallest absolute Gasteiger partial charge is 0.339 e. The summed E-state index contributed by atoms with van der Waals surface area (Å²) in [5.74, 6) is -0.456. The fourth-order valence-electron chi connectivity index (χ4n) is 2.26. The summed E-state index contributed by atoms with van der Waals surface area (Å²) in [5.41, 5.74) is 2.41. The molecular formula is C18H20O3. The molecule has 2 rings (SSSR count). The number of hydrogen-bond acceptors (Lipinski definition) is 2. The zero-order valence-corrected chi connectivity index (χ0v) is 12.2. The van der Waals surface area contributed by atoms with E-state index in [2.05, 4.69) is 12.1 Å². The summed E-state index contributed by atoms with van der Waals surface area (Å²) in [5, 5.41) is 9.16. The van der Waals surface area contributed by atoms with E-state index in [1.54, 1.807) is 12.1 Å². The van der Waals surface area contributed by atoms with Crippen LogP contribution in [-0.2, 0) is 6.42 Å². The maximum absolute atomic E-state index is 11.2. The molecule has 0 saturated heterocycles. The molecule has 0 atom stereocenters. The van der Waals surface area contributed by atoms with Gasteiger partial charge in [-0.1, -0.05) is 42.5 Å². The van der Waals surface area contributed by atoms with Crippen LogP contribution in [-0.4, -0.2) is 17.7 Å². The van der Waals surface area contributed by atoms with Crippen molar-refractivity contribution in [1.29, 1.82) is 0 Å². The molecular weight excluding hydrogens is 264 g/mol. The van der Waals surface area contributed by atoms with Crippen LogP contribution >= 0.6 is 0 Å². The van der Waals surface area contributed by atoms with E-state index in [4.69, 9.17) is 9.84 Å². The Morgan fingerprint density at radius 3 is 2.52 bits per heavy atom. The third kappa shape index (κ3) is 4.35. The predicted octanol–water partition coefficient (Wildman–Crippen LogP) is 4.09. The molecule has 3 nitrogen and oxygen atoms in total. The van der Waals surface area contributed by atoms with Crippen molar-refractivity contribution in [1.82, 2.24) is 0 Å². The molecule has 0 aliphatic rings. The average molecular weight is 284 g/mol. The van der Waals surface area contributed by atoms with Crippen molar-refractivity contribution < 1.29 is 14.6 Å². The average Bonchev–Trinajstić information content (AvgIpc) is 2.49. The van der Waals surface area contributed by atoms with E-state index in [-0.39, 0.29) is 5.56 Å². The number of hydrogen-bond donors (Lipinski definition) is 1. The second-order valence-corrected chi connectivity index (χ2v) is 5.05. The molecule has 2 aromatic rings. The molecule has 1 N–H and O–H groups in total. The SMILES string of the molecule is Cc1cccc(C(=O)O)c1OCCCCc1ccccc1. The Bertz CT molecular complexity index is 591. The molecule has 0 saturated carbocycles. The highest BCUT2D eigenvalue weighted by Crippen LogP contribution is 2.23. The van der Waals surface area contributed by atoms with Crippen LogP contribution in [0.15, 0.2) is 48.5 Å². The van der Waals surface area contributed by atoms with Gasteiger partial charge in [-0.2, -0.15) is 0 Å². The van der Waals surface area contributed by atoms with Crippen LogP contribution in [0.25, 0.3) is 0 Å². The van der Waals surface area contributed by atoms with Crippen LogP contribution in [0.4, 0.5) is 0 Å². The third-order valence-corrected chi connectivity index (χ3v) is 3.39. The van der Waals surface area contributed by atoms with E-state index in [9.17, 15) is 4.79 Å². The standard InChI is InChI=1S/C18H20O3/c1-14-8-7-12-16(18(19)20)17(14)21-13-6-5-11-15-9-3-2-4-10-15/h2-4,7-10,12H,5-6,11,13H2,1H3,(H,19,20). The largest absolute Gasteiger partial charge is 0.492 e. The summed E-state index contributed by atoms with van der Waals surface area (Å²) >= 11 is 0. The molecule has 110 valence electrons. The molecule has 0 aromatic heterocycles. The minimum atomic E-state index is -0.946. The summed E-state index contributed by atoms with van der Waals surface area (Å²) in [6.45, 7) is 2.41. The van der Waals surface area contributed by atoms with Crippen LogP contribution in [0, 0.1) is 6.92 Å². The number of benzene rings is 2. The van der Waals surface area contributed by atoms with Crippen molar-refractivity contribution in [2.45, 2.75) is 26.2 Å². The van der Waals surface area contributed by atoms with E-state index in [1.807, 2.05) is 31.2 Å². The molecule has 0 amide bonds. The molecule has 0 radical (unpaired) electrons. The van der Waals surface area contributed by atoms with E-state index in [0.717, 1.165) is 24.8 Å². The first kappa shape index (κ1) is 15.1. The van der Waals surface area contributed by atoms with Gasteiger partial charge in [0.05, 0.1) is 6.61 Å². The van der Waals surface area contributed by atoms with E-state index in [0.29, 0.717) is 12.4 Å². The van der Waals surface area contributed by atoms with Gasteiger partial charge in [0.25, 0.3) is 0 Å². The number of carboxylic acids is 1. The van der Waals surface area contributed by atoms with Crippen LogP contribution in [0.1, 0.15) is 34.3 Å². The number of aromatic carboxylic acids is 1. The summed E-state index contributed by atoms with van der Waals surface area (Å²) in [7, 11) is 0. The molecule has 0 aliphatic carbocycles. The Labute approximate surface area is 125 Å². The van der Waals surface area contributed by atoms with Crippen molar-refractivity contribution in [3.8, 4) is 5.75 Å². The second kappa shape index (κ2) is 7.48. The molecule has 0 aliphatic heterocycles. The Balaban J connectivity index is 1.83. The van der Waals surface area contributed by atoms with Gasteiger partial charge in [-0.15, -0.1) is 0 Å². The van der Waals surface area contributed by atoms with Gasteiger partial charge in [-0.05, 0) is 43.4 Å². The van der Waals surface area contributed by atoms with Gasteiger partial charge in [-0.25, -0.2) is 4.79 Å². The highest BCUT2D eigenvalue weighted by molar-refractivity contribution is 5.91. The fourth-order valence-corrected chi connectivity index (χ4v) is 2.26. The number of unbranched alkanes of at least 4 members (excludes halogenated alkanes) is 1. The molecule has 0 unspecified atom stereocenters. The van der Waals surface area contributed by atoms with Gasteiger partial charge in [0, 0.05) is 0 Å². The maximum atomic E-state index is 11.2. The normalized spacial score (nSPS) is 10.3. The van der Waals surface area contributed by atoms with Crippen LogP contribution in [0.5, 0.6) is 5.75 Å². The quantitative estimate of drug-likeness (QED) is 0.779. The van der Waals surface area contributed by atoms with E-state index < -0.39 is 5.97 Å². The monoisotopic (exact) mass is 284 g/mol. The van der Waals surface area contributed by atoms with Crippen molar-refractivity contribution >= 4 is 5.97 Å². The lowest BCUT2D eigenvalue weighted by Gasteiger charge is -2.11. The summed E-state index contributed by atoms with van der Waals surface area (Å²) in [6.07, 6.45) is 2.95. The third-order valence-electron chi connectivity index (χ3n) is 3.39. The summed E-state index contributed by atoms with van der Waals surface area (Å²) < 4.78 is 5.69. The first-order valence-corrected chi connectivity index (χ1v) is 7.18. The molecule has 0 spiro atoms. The summed E-state index contributed by atoms with van der Waals surface area (Å²) in [4.78, 5) is 11.2.